The Morgan fingerprint density at radius 2 is 1.89 bits per heavy atom. The van der Waals surface area contributed by atoms with Crippen LogP contribution >= 0.6 is 0 Å². The molecular formula is C16H29N3. The molecule has 1 heterocycles. The normalized spacial score (nSPS) is 17.0. The fourth-order valence-corrected chi connectivity index (χ4v) is 3.26. The first-order valence-corrected chi connectivity index (χ1v) is 7.99. The van der Waals surface area contributed by atoms with E-state index in [4.69, 9.17) is 5.10 Å². The third kappa shape index (κ3) is 3.59. The Hall–Kier alpha value is -0.830. The van der Waals surface area contributed by atoms with Gasteiger partial charge < -0.3 is 5.32 Å². The molecular weight excluding hydrogens is 234 g/mol. The second-order valence-electron chi connectivity index (χ2n) is 5.89. The van der Waals surface area contributed by atoms with Crippen LogP contribution in [0.2, 0.25) is 0 Å². The summed E-state index contributed by atoms with van der Waals surface area (Å²) < 4.78 is 2.32. The molecule has 1 aliphatic rings. The summed E-state index contributed by atoms with van der Waals surface area (Å²) in [7, 11) is 0. The number of hydrogen-bond acceptors (Lipinski definition) is 2. The van der Waals surface area contributed by atoms with Crippen molar-refractivity contribution < 1.29 is 0 Å². The average molecular weight is 263 g/mol. The molecule has 1 aromatic rings. The first-order chi connectivity index (χ1) is 9.24. The maximum Gasteiger partial charge on any atom is 0.0629 e. The lowest BCUT2D eigenvalue weighted by Gasteiger charge is -2.23. The predicted octanol–water partition coefficient (Wildman–Crippen LogP) is 3.55. The Morgan fingerprint density at radius 1 is 1.16 bits per heavy atom. The standard InChI is InChI=1S/C16H29N3/c1-4-11-17-12-10-16-13(2)18-19(14(16)3)15-8-6-5-7-9-15/h15,17H,4-12H2,1-3H3. The quantitative estimate of drug-likeness (QED) is 0.796. The van der Waals surface area contributed by atoms with Gasteiger partial charge in [0, 0.05) is 5.69 Å². The van der Waals surface area contributed by atoms with Crippen LogP contribution in [0.15, 0.2) is 0 Å². The van der Waals surface area contributed by atoms with Gasteiger partial charge in [-0.3, -0.25) is 4.68 Å². The lowest BCUT2D eigenvalue weighted by atomic mass is 9.95. The van der Waals surface area contributed by atoms with Crippen LogP contribution in [-0.4, -0.2) is 22.9 Å². The van der Waals surface area contributed by atoms with Crippen LogP contribution in [-0.2, 0) is 6.42 Å². The van der Waals surface area contributed by atoms with E-state index >= 15 is 0 Å². The lowest BCUT2D eigenvalue weighted by Crippen LogP contribution is -2.18. The van der Waals surface area contributed by atoms with Crippen molar-refractivity contribution in [3.05, 3.63) is 17.0 Å². The van der Waals surface area contributed by atoms with Crippen LogP contribution in [0.1, 0.15) is 68.4 Å². The van der Waals surface area contributed by atoms with E-state index in [0.717, 1.165) is 19.5 Å². The van der Waals surface area contributed by atoms with Crippen molar-refractivity contribution >= 4 is 0 Å². The van der Waals surface area contributed by atoms with E-state index in [2.05, 4.69) is 30.8 Å². The summed E-state index contributed by atoms with van der Waals surface area (Å²) in [5, 5.41) is 8.31. The largest absolute Gasteiger partial charge is 0.316 e. The first-order valence-electron chi connectivity index (χ1n) is 7.99. The number of aromatic nitrogens is 2. The number of nitrogens with one attached hydrogen (secondary N) is 1. The molecule has 0 aromatic carbocycles. The molecule has 1 aromatic heterocycles. The number of hydrogen-bond donors (Lipinski definition) is 1. The molecule has 0 saturated heterocycles. The van der Waals surface area contributed by atoms with Crippen molar-refractivity contribution in [2.24, 2.45) is 0 Å². The average Bonchev–Trinajstić information content (AvgIpc) is 2.72. The number of nitrogens with zero attached hydrogens (tertiary/aromatic N) is 2. The molecule has 1 aliphatic carbocycles. The summed E-state index contributed by atoms with van der Waals surface area (Å²) in [6.07, 6.45) is 9.10. The van der Waals surface area contributed by atoms with Gasteiger partial charge in [-0.15, -0.1) is 0 Å². The van der Waals surface area contributed by atoms with Gasteiger partial charge in [-0.05, 0) is 58.2 Å². The third-order valence-corrected chi connectivity index (χ3v) is 4.37. The van der Waals surface area contributed by atoms with Gasteiger partial charge >= 0.3 is 0 Å². The van der Waals surface area contributed by atoms with Crippen molar-refractivity contribution in [2.45, 2.75) is 71.8 Å². The van der Waals surface area contributed by atoms with Gasteiger partial charge in [-0.25, -0.2) is 0 Å². The molecule has 0 aliphatic heterocycles. The molecule has 1 saturated carbocycles. The van der Waals surface area contributed by atoms with Crippen molar-refractivity contribution in [1.29, 1.82) is 0 Å². The minimum atomic E-state index is 0.657. The molecule has 0 unspecified atom stereocenters. The Kier molecular flexibility index (Phi) is 5.44. The fourth-order valence-electron chi connectivity index (χ4n) is 3.26. The van der Waals surface area contributed by atoms with Gasteiger partial charge in [-0.1, -0.05) is 26.2 Å². The van der Waals surface area contributed by atoms with Gasteiger partial charge in [0.15, 0.2) is 0 Å². The first kappa shape index (κ1) is 14.6. The van der Waals surface area contributed by atoms with Crippen LogP contribution < -0.4 is 5.32 Å². The molecule has 0 spiro atoms. The molecule has 108 valence electrons. The Labute approximate surface area is 117 Å². The monoisotopic (exact) mass is 263 g/mol. The van der Waals surface area contributed by atoms with Gasteiger partial charge in [0.2, 0.25) is 0 Å². The summed E-state index contributed by atoms with van der Waals surface area (Å²) >= 11 is 0. The van der Waals surface area contributed by atoms with Crippen molar-refractivity contribution in [3.63, 3.8) is 0 Å². The van der Waals surface area contributed by atoms with E-state index in [0.29, 0.717) is 6.04 Å². The smallest absolute Gasteiger partial charge is 0.0629 e. The zero-order chi connectivity index (χ0) is 13.7. The Bertz CT molecular complexity index is 389. The van der Waals surface area contributed by atoms with E-state index in [1.54, 1.807) is 0 Å². The summed E-state index contributed by atoms with van der Waals surface area (Å²) in [5.74, 6) is 0. The van der Waals surface area contributed by atoms with Crippen LogP contribution in [0.3, 0.4) is 0 Å². The molecule has 3 heteroatoms. The van der Waals surface area contributed by atoms with Crippen LogP contribution in [0.25, 0.3) is 0 Å². The highest BCUT2D eigenvalue weighted by molar-refractivity contribution is 5.25. The number of rotatable bonds is 6. The molecule has 3 nitrogen and oxygen atoms in total. The van der Waals surface area contributed by atoms with Crippen molar-refractivity contribution in [1.82, 2.24) is 15.1 Å². The van der Waals surface area contributed by atoms with E-state index in [9.17, 15) is 0 Å². The van der Waals surface area contributed by atoms with Gasteiger partial charge in [0.05, 0.1) is 11.7 Å². The van der Waals surface area contributed by atoms with Crippen molar-refractivity contribution in [2.75, 3.05) is 13.1 Å². The molecule has 0 bridgehead atoms. The summed E-state index contributed by atoms with van der Waals surface area (Å²) in [5.41, 5.74) is 4.11. The zero-order valence-corrected chi connectivity index (χ0v) is 12.8. The highest BCUT2D eigenvalue weighted by atomic mass is 15.3. The Morgan fingerprint density at radius 3 is 2.58 bits per heavy atom. The molecule has 19 heavy (non-hydrogen) atoms. The van der Waals surface area contributed by atoms with Gasteiger partial charge in [0.25, 0.3) is 0 Å². The summed E-state index contributed by atoms with van der Waals surface area (Å²) in [4.78, 5) is 0. The van der Waals surface area contributed by atoms with Crippen LogP contribution in [0, 0.1) is 13.8 Å². The highest BCUT2D eigenvalue weighted by Gasteiger charge is 2.20. The van der Waals surface area contributed by atoms with E-state index in [-0.39, 0.29) is 0 Å². The minimum absolute atomic E-state index is 0.657. The molecule has 1 N–H and O–H groups in total. The zero-order valence-electron chi connectivity index (χ0n) is 12.8. The fraction of sp³-hybridized carbons (Fsp3) is 0.812. The third-order valence-electron chi connectivity index (χ3n) is 4.37. The molecule has 0 amide bonds. The second kappa shape index (κ2) is 7.09. The van der Waals surface area contributed by atoms with E-state index in [1.165, 1.54) is 55.5 Å². The highest BCUT2D eigenvalue weighted by Crippen LogP contribution is 2.30. The summed E-state index contributed by atoms with van der Waals surface area (Å²) in [6.45, 7) is 8.83. The lowest BCUT2D eigenvalue weighted by molar-refractivity contribution is 0.324. The topological polar surface area (TPSA) is 29.9 Å². The molecule has 0 atom stereocenters. The number of aryl methyl sites for hydroxylation is 1. The van der Waals surface area contributed by atoms with Gasteiger partial charge in [-0.2, -0.15) is 5.10 Å². The van der Waals surface area contributed by atoms with Crippen molar-refractivity contribution in [3.8, 4) is 0 Å². The van der Waals surface area contributed by atoms with Crippen LogP contribution in [0.5, 0.6) is 0 Å². The SMILES string of the molecule is CCCNCCc1c(C)nn(C2CCCCC2)c1C. The molecule has 0 radical (unpaired) electrons. The maximum atomic E-state index is 4.82. The maximum absolute atomic E-state index is 4.82. The molecule has 2 rings (SSSR count). The van der Waals surface area contributed by atoms with E-state index < -0.39 is 0 Å². The van der Waals surface area contributed by atoms with Gasteiger partial charge in [0.1, 0.15) is 0 Å². The van der Waals surface area contributed by atoms with E-state index in [1.807, 2.05) is 0 Å². The Balaban J connectivity index is 2.01. The van der Waals surface area contributed by atoms with Crippen LogP contribution in [0.4, 0.5) is 0 Å². The molecule has 1 fully saturated rings. The second-order valence-corrected chi connectivity index (χ2v) is 5.89. The predicted molar refractivity (Wildman–Crippen MR) is 80.7 cm³/mol. The minimum Gasteiger partial charge on any atom is -0.316 e. The summed E-state index contributed by atoms with van der Waals surface area (Å²) in [6, 6.07) is 0.657.